The Morgan fingerprint density at radius 1 is 1.04 bits per heavy atom. The van der Waals surface area contributed by atoms with Gasteiger partial charge in [0.1, 0.15) is 5.75 Å². The van der Waals surface area contributed by atoms with Crippen molar-refractivity contribution in [3.8, 4) is 5.75 Å². The van der Waals surface area contributed by atoms with Crippen LogP contribution in [0.15, 0.2) is 29.3 Å². The number of nitrogens with zero attached hydrogens (tertiary/aromatic N) is 2. The molecule has 1 aliphatic heterocycles. The molecule has 0 atom stereocenters. The Morgan fingerprint density at radius 3 is 2.31 bits per heavy atom. The fourth-order valence-electron chi connectivity index (χ4n) is 3.21. The number of rotatable bonds is 8. The van der Waals surface area contributed by atoms with Crippen LogP contribution in [0.4, 0.5) is 0 Å². The third-order valence-corrected chi connectivity index (χ3v) is 4.73. The van der Waals surface area contributed by atoms with Crippen LogP contribution >= 0.6 is 24.0 Å². The number of ether oxygens (including phenoxy) is 1. The zero-order chi connectivity index (χ0) is 17.7. The molecule has 1 aromatic rings. The van der Waals surface area contributed by atoms with Crippen LogP contribution in [0.3, 0.4) is 0 Å². The maximum Gasteiger partial charge on any atom is 0.190 e. The number of methoxy groups -OCH3 is 1. The molecule has 1 saturated heterocycles. The molecule has 0 unspecified atom stereocenters. The quantitative estimate of drug-likeness (QED) is 0.263. The monoisotopic (exact) mass is 474 g/mol. The summed E-state index contributed by atoms with van der Waals surface area (Å²) in [6, 6.07) is 8.23. The summed E-state index contributed by atoms with van der Waals surface area (Å²) in [6.45, 7) is 5.58. The molecule has 5 nitrogen and oxygen atoms in total. The average Bonchev–Trinajstić information content (AvgIpc) is 2.93. The number of aliphatic imine (C=N–C) groups is 1. The normalized spacial score (nSPS) is 15.7. The van der Waals surface area contributed by atoms with Crippen molar-refractivity contribution in [3.05, 3.63) is 29.8 Å². The van der Waals surface area contributed by atoms with Gasteiger partial charge in [0.05, 0.1) is 7.11 Å². The van der Waals surface area contributed by atoms with Crippen LogP contribution in [0.5, 0.6) is 5.75 Å². The van der Waals surface area contributed by atoms with Crippen molar-refractivity contribution < 1.29 is 4.74 Å². The van der Waals surface area contributed by atoms with Crippen LogP contribution in [0.2, 0.25) is 0 Å². The highest BCUT2D eigenvalue weighted by Gasteiger charge is 2.08. The molecular formula is C20H35IN4O. The van der Waals surface area contributed by atoms with Crippen LogP contribution in [-0.2, 0) is 6.42 Å². The lowest BCUT2D eigenvalue weighted by molar-refractivity contribution is 0.282. The smallest absolute Gasteiger partial charge is 0.190 e. The van der Waals surface area contributed by atoms with E-state index in [1.54, 1.807) is 7.11 Å². The van der Waals surface area contributed by atoms with Crippen molar-refractivity contribution in [2.75, 3.05) is 46.9 Å². The zero-order valence-corrected chi connectivity index (χ0v) is 18.6. The number of halogens is 1. The van der Waals surface area contributed by atoms with Crippen molar-refractivity contribution in [1.29, 1.82) is 0 Å². The van der Waals surface area contributed by atoms with Crippen molar-refractivity contribution in [2.24, 2.45) is 4.99 Å². The molecule has 0 bridgehead atoms. The van der Waals surface area contributed by atoms with Crippen molar-refractivity contribution in [1.82, 2.24) is 15.5 Å². The van der Waals surface area contributed by atoms with E-state index < -0.39 is 0 Å². The van der Waals surface area contributed by atoms with Gasteiger partial charge in [-0.05, 0) is 63.0 Å². The van der Waals surface area contributed by atoms with Crippen molar-refractivity contribution >= 4 is 29.9 Å². The first-order valence-electron chi connectivity index (χ1n) is 9.61. The van der Waals surface area contributed by atoms with Crippen LogP contribution in [0, 0.1) is 0 Å². The summed E-state index contributed by atoms with van der Waals surface area (Å²) in [7, 11) is 3.52. The number of likely N-dealkylation sites (tertiary alicyclic amines) is 1. The van der Waals surface area contributed by atoms with Gasteiger partial charge in [-0.2, -0.15) is 0 Å². The molecule has 148 valence electrons. The maximum atomic E-state index is 5.19. The van der Waals surface area contributed by atoms with Gasteiger partial charge < -0.3 is 20.3 Å². The molecule has 0 radical (unpaired) electrons. The molecule has 2 rings (SSSR count). The summed E-state index contributed by atoms with van der Waals surface area (Å²) in [5, 5.41) is 6.81. The van der Waals surface area contributed by atoms with Crippen LogP contribution in [-0.4, -0.2) is 57.7 Å². The predicted octanol–water partition coefficient (Wildman–Crippen LogP) is 3.29. The molecule has 1 heterocycles. The summed E-state index contributed by atoms with van der Waals surface area (Å²) in [5.74, 6) is 1.79. The van der Waals surface area contributed by atoms with Gasteiger partial charge in [0, 0.05) is 20.1 Å². The fraction of sp³-hybridized carbons (Fsp3) is 0.650. The van der Waals surface area contributed by atoms with E-state index >= 15 is 0 Å². The van der Waals surface area contributed by atoms with E-state index in [-0.39, 0.29) is 24.0 Å². The third kappa shape index (κ3) is 9.07. The van der Waals surface area contributed by atoms with E-state index in [1.807, 2.05) is 19.2 Å². The van der Waals surface area contributed by atoms with Crippen molar-refractivity contribution in [3.63, 3.8) is 0 Å². The SMILES string of the molecule is CN=C(NCCCN1CCCCCC1)NCCc1ccc(OC)cc1.I. The first-order chi connectivity index (χ1) is 12.3. The zero-order valence-electron chi connectivity index (χ0n) is 16.3. The van der Waals surface area contributed by atoms with Crippen LogP contribution in [0.25, 0.3) is 0 Å². The first-order valence-corrected chi connectivity index (χ1v) is 9.61. The Labute approximate surface area is 176 Å². The highest BCUT2D eigenvalue weighted by Crippen LogP contribution is 2.11. The summed E-state index contributed by atoms with van der Waals surface area (Å²) in [6.07, 6.45) is 7.67. The second-order valence-corrected chi connectivity index (χ2v) is 6.63. The number of benzene rings is 1. The summed E-state index contributed by atoms with van der Waals surface area (Å²) in [5.41, 5.74) is 1.30. The molecule has 1 aliphatic rings. The lowest BCUT2D eigenvalue weighted by atomic mass is 10.1. The van der Waals surface area contributed by atoms with Gasteiger partial charge in [0.2, 0.25) is 0 Å². The van der Waals surface area contributed by atoms with Crippen LogP contribution < -0.4 is 15.4 Å². The van der Waals surface area contributed by atoms with Gasteiger partial charge in [0.25, 0.3) is 0 Å². The summed E-state index contributed by atoms with van der Waals surface area (Å²) in [4.78, 5) is 6.91. The Morgan fingerprint density at radius 2 is 1.69 bits per heavy atom. The molecule has 0 saturated carbocycles. The molecule has 0 amide bonds. The van der Waals surface area contributed by atoms with E-state index in [0.717, 1.165) is 31.2 Å². The number of hydrogen-bond acceptors (Lipinski definition) is 3. The Balaban J connectivity index is 0.00000338. The van der Waals surface area contributed by atoms with Gasteiger partial charge in [0.15, 0.2) is 5.96 Å². The largest absolute Gasteiger partial charge is 0.497 e. The van der Waals surface area contributed by atoms with Gasteiger partial charge in [-0.25, -0.2) is 0 Å². The fourth-order valence-corrected chi connectivity index (χ4v) is 3.21. The second-order valence-electron chi connectivity index (χ2n) is 6.63. The van der Waals surface area contributed by atoms with Gasteiger partial charge in [-0.3, -0.25) is 4.99 Å². The molecule has 2 N–H and O–H groups in total. The summed E-state index contributed by atoms with van der Waals surface area (Å²) >= 11 is 0. The second kappa shape index (κ2) is 14.1. The average molecular weight is 474 g/mol. The molecule has 0 aromatic heterocycles. The third-order valence-electron chi connectivity index (χ3n) is 4.73. The highest BCUT2D eigenvalue weighted by atomic mass is 127. The van der Waals surface area contributed by atoms with Gasteiger partial charge in [-0.15, -0.1) is 24.0 Å². The van der Waals surface area contributed by atoms with Crippen molar-refractivity contribution in [2.45, 2.75) is 38.5 Å². The Hall–Kier alpha value is -1.02. The lowest BCUT2D eigenvalue weighted by Gasteiger charge is -2.20. The van der Waals surface area contributed by atoms with E-state index in [0.29, 0.717) is 0 Å². The Kier molecular flexibility index (Phi) is 12.5. The molecular weight excluding hydrogens is 439 g/mol. The number of guanidine groups is 1. The van der Waals surface area contributed by atoms with Crippen LogP contribution in [0.1, 0.15) is 37.7 Å². The number of nitrogens with one attached hydrogen (secondary N) is 2. The minimum atomic E-state index is 0. The highest BCUT2D eigenvalue weighted by molar-refractivity contribution is 14.0. The number of hydrogen-bond donors (Lipinski definition) is 2. The molecule has 0 aliphatic carbocycles. The Bertz CT molecular complexity index is 499. The predicted molar refractivity (Wildman–Crippen MR) is 121 cm³/mol. The first kappa shape index (κ1) is 23.0. The molecule has 6 heteroatoms. The minimum Gasteiger partial charge on any atom is -0.497 e. The van der Waals surface area contributed by atoms with E-state index in [4.69, 9.17) is 4.74 Å². The van der Waals surface area contributed by atoms with E-state index in [9.17, 15) is 0 Å². The molecule has 1 fully saturated rings. The summed E-state index contributed by atoms with van der Waals surface area (Å²) < 4.78 is 5.19. The standard InChI is InChI=1S/C20H34N4O.HI/c1-21-20(22-13-7-17-24-15-5-3-4-6-16-24)23-14-12-18-8-10-19(25-2)11-9-18;/h8-11H,3-7,12-17H2,1-2H3,(H2,21,22,23);1H. The van der Waals surface area contributed by atoms with E-state index in [2.05, 4.69) is 32.7 Å². The lowest BCUT2D eigenvalue weighted by Crippen LogP contribution is -2.39. The topological polar surface area (TPSA) is 48.9 Å². The molecule has 26 heavy (non-hydrogen) atoms. The van der Waals surface area contributed by atoms with Gasteiger partial charge >= 0.3 is 0 Å². The molecule has 1 aromatic carbocycles. The van der Waals surface area contributed by atoms with E-state index in [1.165, 1.54) is 57.3 Å². The molecule has 0 spiro atoms. The van der Waals surface area contributed by atoms with Gasteiger partial charge in [-0.1, -0.05) is 25.0 Å². The maximum absolute atomic E-state index is 5.19. The minimum absolute atomic E-state index is 0.